The largest absolute Gasteiger partial charge is 0.327 e. The van der Waals surface area contributed by atoms with Crippen LogP contribution in [0, 0.1) is 5.92 Å². The Morgan fingerprint density at radius 1 is 1.40 bits per heavy atom. The van der Waals surface area contributed by atoms with Crippen molar-refractivity contribution in [1.29, 1.82) is 0 Å². The van der Waals surface area contributed by atoms with Crippen LogP contribution in [0.2, 0.25) is 0 Å². The molecule has 2 N–H and O–H groups in total. The molecule has 1 saturated carbocycles. The molecule has 2 aliphatic carbocycles. The van der Waals surface area contributed by atoms with Gasteiger partial charge in [-0.15, -0.1) is 0 Å². The van der Waals surface area contributed by atoms with E-state index in [1.807, 2.05) is 12.3 Å². The van der Waals surface area contributed by atoms with Gasteiger partial charge in [-0.2, -0.15) is 0 Å². The highest BCUT2D eigenvalue weighted by Crippen LogP contribution is 2.39. The Bertz CT molecular complexity index is 357. The second-order valence-electron chi connectivity index (χ2n) is 5.04. The second kappa shape index (κ2) is 3.60. The van der Waals surface area contributed by atoms with Crippen LogP contribution < -0.4 is 5.73 Å². The van der Waals surface area contributed by atoms with E-state index in [2.05, 4.69) is 11.1 Å². The number of rotatable bonds is 3. The minimum absolute atomic E-state index is 0.341. The summed E-state index contributed by atoms with van der Waals surface area (Å²) in [6.45, 7) is 0. The summed E-state index contributed by atoms with van der Waals surface area (Å²) in [4.78, 5) is 4.51. The van der Waals surface area contributed by atoms with Crippen LogP contribution >= 0.6 is 0 Å². The quantitative estimate of drug-likeness (QED) is 0.816. The highest BCUT2D eigenvalue weighted by atomic mass is 14.8. The monoisotopic (exact) mass is 202 g/mol. The normalized spacial score (nSPS) is 26.3. The van der Waals surface area contributed by atoms with Crippen LogP contribution in [-0.2, 0) is 6.42 Å². The fourth-order valence-electron chi connectivity index (χ4n) is 2.76. The summed E-state index contributed by atoms with van der Waals surface area (Å²) in [6.07, 6.45) is 8.29. The summed E-state index contributed by atoms with van der Waals surface area (Å²) in [5, 5.41) is 0. The summed E-state index contributed by atoms with van der Waals surface area (Å²) >= 11 is 0. The third-order valence-electron chi connectivity index (χ3n) is 3.82. The number of fused-ring (bicyclic) bond motifs is 1. The van der Waals surface area contributed by atoms with Crippen molar-refractivity contribution < 1.29 is 0 Å². The predicted molar refractivity (Wildman–Crippen MR) is 60.6 cm³/mol. The summed E-state index contributed by atoms with van der Waals surface area (Å²) < 4.78 is 0. The van der Waals surface area contributed by atoms with Gasteiger partial charge >= 0.3 is 0 Å². The zero-order chi connectivity index (χ0) is 10.3. The highest BCUT2D eigenvalue weighted by Gasteiger charge is 2.32. The van der Waals surface area contributed by atoms with E-state index in [9.17, 15) is 0 Å². The Morgan fingerprint density at radius 2 is 2.27 bits per heavy atom. The van der Waals surface area contributed by atoms with Crippen molar-refractivity contribution in [3.8, 4) is 0 Å². The molecular weight excluding hydrogens is 184 g/mol. The van der Waals surface area contributed by atoms with Crippen LogP contribution in [0.4, 0.5) is 0 Å². The van der Waals surface area contributed by atoms with Gasteiger partial charge in [0.05, 0.1) is 0 Å². The lowest BCUT2D eigenvalue weighted by atomic mass is 9.93. The Morgan fingerprint density at radius 3 is 3.07 bits per heavy atom. The molecule has 1 fully saturated rings. The average Bonchev–Trinajstić information content (AvgIpc) is 2.96. The van der Waals surface area contributed by atoms with Crippen LogP contribution in [0.1, 0.15) is 42.9 Å². The summed E-state index contributed by atoms with van der Waals surface area (Å²) in [6, 6.07) is 4.58. The van der Waals surface area contributed by atoms with Crippen molar-refractivity contribution in [2.45, 2.75) is 44.1 Å². The topological polar surface area (TPSA) is 38.9 Å². The summed E-state index contributed by atoms with van der Waals surface area (Å²) in [5.74, 6) is 1.45. The van der Waals surface area contributed by atoms with E-state index in [4.69, 9.17) is 5.73 Å². The fourth-order valence-corrected chi connectivity index (χ4v) is 2.76. The van der Waals surface area contributed by atoms with Gasteiger partial charge in [-0.1, -0.05) is 18.9 Å². The molecule has 0 spiro atoms. The lowest BCUT2D eigenvalue weighted by Gasteiger charge is -2.19. The summed E-state index contributed by atoms with van der Waals surface area (Å²) in [5.41, 5.74) is 9.00. The molecule has 0 bridgehead atoms. The standard InChI is InChI=1S/C13H18N2/c14-12(8-9-3-4-9)11-6-5-10-2-1-7-15-13(10)11/h1-2,7,9,11-12H,3-6,8,14H2. The minimum Gasteiger partial charge on any atom is -0.327 e. The van der Waals surface area contributed by atoms with Gasteiger partial charge in [0, 0.05) is 23.9 Å². The van der Waals surface area contributed by atoms with E-state index < -0.39 is 0 Å². The van der Waals surface area contributed by atoms with E-state index in [1.165, 1.54) is 43.4 Å². The van der Waals surface area contributed by atoms with E-state index in [-0.39, 0.29) is 0 Å². The lowest BCUT2D eigenvalue weighted by molar-refractivity contribution is 0.467. The molecule has 0 aromatic carbocycles. The molecule has 15 heavy (non-hydrogen) atoms. The van der Waals surface area contributed by atoms with Gasteiger partial charge in [-0.05, 0) is 36.8 Å². The maximum atomic E-state index is 6.29. The Balaban J connectivity index is 1.77. The Kier molecular flexibility index (Phi) is 2.24. The smallest absolute Gasteiger partial charge is 0.0482 e. The molecule has 0 amide bonds. The average molecular weight is 202 g/mol. The number of pyridine rings is 1. The number of hydrogen-bond acceptors (Lipinski definition) is 2. The van der Waals surface area contributed by atoms with Gasteiger partial charge < -0.3 is 5.73 Å². The molecule has 2 aliphatic rings. The third-order valence-corrected chi connectivity index (χ3v) is 3.82. The van der Waals surface area contributed by atoms with Crippen LogP contribution in [0.5, 0.6) is 0 Å². The van der Waals surface area contributed by atoms with E-state index in [0.717, 1.165) is 5.92 Å². The molecular formula is C13H18N2. The first-order valence-electron chi connectivity index (χ1n) is 6.04. The molecule has 1 heterocycles. The van der Waals surface area contributed by atoms with Gasteiger partial charge in [0.25, 0.3) is 0 Å². The van der Waals surface area contributed by atoms with Crippen LogP contribution in [0.3, 0.4) is 0 Å². The van der Waals surface area contributed by atoms with Crippen molar-refractivity contribution in [2.24, 2.45) is 11.7 Å². The van der Waals surface area contributed by atoms with Crippen molar-refractivity contribution >= 4 is 0 Å². The number of aromatic nitrogens is 1. The molecule has 0 aliphatic heterocycles. The minimum atomic E-state index is 0.341. The number of hydrogen-bond donors (Lipinski definition) is 1. The highest BCUT2D eigenvalue weighted by molar-refractivity contribution is 5.29. The number of nitrogens with zero attached hydrogens (tertiary/aromatic N) is 1. The second-order valence-corrected chi connectivity index (χ2v) is 5.04. The van der Waals surface area contributed by atoms with E-state index in [1.54, 1.807) is 0 Å². The van der Waals surface area contributed by atoms with Gasteiger partial charge in [0.1, 0.15) is 0 Å². The molecule has 2 nitrogen and oxygen atoms in total. The summed E-state index contributed by atoms with van der Waals surface area (Å²) in [7, 11) is 0. The lowest BCUT2D eigenvalue weighted by Crippen LogP contribution is -2.28. The SMILES string of the molecule is NC(CC1CC1)C1CCc2cccnc21. The molecule has 0 saturated heterocycles. The number of aryl methyl sites for hydroxylation is 1. The van der Waals surface area contributed by atoms with Crippen molar-refractivity contribution in [3.05, 3.63) is 29.6 Å². The molecule has 80 valence electrons. The van der Waals surface area contributed by atoms with Crippen molar-refractivity contribution in [1.82, 2.24) is 4.98 Å². The van der Waals surface area contributed by atoms with Gasteiger partial charge in [0.15, 0.2) is 0 Å². The van der Waals surface area contributed by atoms with Crippen molar-refractivity contribution in [2.75, 3.05) is 0 Å². The predicted octanol–water partition coefficient (Wildman–Crippen LogP) is 2.24. The third kappa shape index (κ3) is 1.78. The van der Waals surface area contributed by atoms with Gasteiger partial charge in [-0.25, -0.2) is 0 Å². The molecule has 0 radical (unpaired) electrons. The maximum Gasteiger partial charge on any atom is 0.0482 e. The molecule has 2 unspecified atom stereocenters. The van der Waals surface area contributed by atoms with Crippen LogP contribution in [-0.4, -0.2) is 11.0 Å². The molecule has 3 rings (SSSR count). The fraction of sp³-hybridized carbons (Fsp3) is 0.615. The molecule has 1 aromatic rings. The van der Waals surface area contributed by atoms with Crippen molar-refractivity contribution in [3.63, 3.8) is 0 Å². The zero-order valence-electron chi connectivity index (χ0n) is 9.02. The van der Waals surface area contributed by atoms with Crippen LogP contribution in [0.15, 0.2) is 18.3 Å². The van der Waals surface area contributed by atoms with Gasteiger partial charge in [-0.3, -0.25) is 4.98 Å². The molecule has 2 atom stereocenters. The van der Waals surface area contributed by atoms with E-state index >= 15 is 0 Å². The first-order chi connectivity index (χ1) is 7.34. The Labute approximate surface area is 90.9 Å². The number of nitrogens with two attached hydrogens (primary N) is 1. The van der Waals surface area contributed by atoms with Gasteiger partial charge in [0.2, 0.25) is 0 Å². The first-order valence-corrected chi connectivity index (χ1v) is 6.04. The first kappa shape index (κ1) is 9.34. The van der Waals surface area contributed by atoms with E-state index in [0.29, 0.717) is 12.0 Å². The maximum absolute atomic E-state index is 6.29. The molecule has 2 heteroatoms. The Hall–Kier alpha value is -0.890. The molecule has 1 aromatic heterocycles. The van der Waals surface area contributed by atoms with Crippen LogP contribution in [0.25, 0.3) is 0 Å². The zero-order valence-corrected chi connectivity index (χ0v) is 9.02.